The number of carbonyl (C=O) groups is 1. The Labute approximate surface area is 175 Å². The van der Waals surface area contributed by atoms with Gasteiger partial charge in [-0.05, 0) is 25.0 Å². The van der Waals surface area contributed by atoms with E-state index >= 15 is 0 Å². The first-order chi connectivity index (χ1) is 14.9. The maximum absolute atomic E-state index is 12.5. The number of carbonyl (C=O) groups excluding carboxylic acids is 1. The molecule has 0 saturated carbocycles. The van der Waals surface area contributed by atoms with E-state index in [-0.39, 0.29) is 17.2 Å². The molecule has 31 heavy (non-hydrogen) atoms. The van der Waals surface area contributed by atoms with Gasteiger partial charge in [0.1, 0.15) is 6.61 Å². The number of aromatic nitrogens is 2. The molecule has 0 unspecified atom stereocenters. The fraction of sp³-hybridized carbons (Fsp3) is 0.421. The molecule has 2 heterocycles. The van der Waals surface area contributed by atoms with E-state index in [1.165, 1.54) is 7.11 Å². The zero-order valence-electron chi connectivity index (χ0n) is 16.6. The van der Waals surface area contributed by atoms with Gasteiger partial charge in [-0.3, -0.25) is 14.9 Å². The summed E-state index contributed by atoms with van der Waals surface area (Å²) in [5, 5.41) is 11.3. The summed E-state index contributed by atoms with van der Waals surface area (Å²) in [5.41, 5.74) is -0.507. The molecule has 0 radical (unpaired) electrons. The lowest BCUT2D eigenvalue weighted by Crippen LogP contribution is -2.37. The van der Waals surface area contributed by atoms with Gasteiger partial charge in [0.2, 0.25) is 5.95 Å². The number of alkyl halides is 2. The topological polar surface area (TPSA) is 117 Å². The van der Waals surface area contributed by atoms with Crippen molar-refractivity contribution in [1.29, 1.82) is 0 Å². The van der Waals surface area contributed by atoms with Crippen molar-refractivity contribution >= 4 is 17.6 Å². The molecule has 0 amide bonds. The van der Waals surface area contributed by atoms with Crippen molar-refractivity contribution in [1.82, 2.24) is 9.97 Å². The lowest BCUT2D eigenvalue weighted by atomic mass is 9.97. The molecule has 0 bridgehead atoms. The summed E-state index contributed by atoms with van der Waals surface area (Å²) in [4.78, 5) is 33.4. The van der Waals surface area contributed by atoms with E-state index in [9.17, 15) is 23.7 Å². The summed E-state index contributed by atoms with van der Waals surface area (Å²) >= 11 is 0. The van der Waals surface area contributed by atoms with Crippen molar-refractivity contribution in [3.05, 3.63) is 46.3 Å². The predicted molar refractivity (Wildman–Crippen MR) is 103 cm³/mol. The Morgan fingerprint density at radius 3 is 2.52 bits per heavy atom. The highest BCUT2D eigenvalue weighted by Gasteiger charge is 2.28. The average molecular weight is 438 g/mol. The smallest absolute Gasteiger partial charge is 0.387 e. The van der Waals surface area contributed by atoms with Crippen LogP contribution in [0.3, 0.4) is 0 Å². The number of ether oxygens (including phenoxy) is 3. The number of piperidine rings is 1. The van der Waals surface area contributed by atoms with Crippen LogP contribution in [0.5, 0.6) is 11.5 Å². The Balaban J connectivity index is 1.64. The van der Waals surface area contributed by atoms with Gasteiger partial charge >= 0.3 is 12.6 Å². The molecular formula is C19H20F2N4O6. The molecule has 1 aliphatic heterocycles. The average Bonchev–Trinajstić information content (AvgIpc) is 2.78. The summed E-state index contributed by atoms with van der Waals surface area (Å²) in [5.74, 6) is -0.886. The van der Waals surface area contributed by atoms with Gasteiger partial charge in [-0.15, -0.1) is 0 Å². The minimum absolute atomic E-state index is 0.00642. The molecular weight excluding hydrogens is 418 g/mol. The molecule has 2 aromatic rings. The normalized spacial score (nSPS) is 14.4. The highest BCUT2D eigenvalue weighted by molar-refractivity contribution is 5.73. The third-order valence-corrected chi connectivity index (χ3v) is 4.81. The summed E-state index contributed by atoms with van der Waals surface area (Å²) in [6.45, 7) is -2.44. The van der Waals surface area contributed by atoms with Crippen LogP contribution < -0.4 is 14.4 Å². The molecule has 12 heteroatoms. The molecule has 0 spiro atoms. The number of halogens is 2. The molecule has 1 fully saturated rings. The van der Waals surface area contributed by atoms with E-state index in [1.54, 1.807) is 18.5 Å². The highest BCUT2D eigenvalue weighted by atomic mass is 19.3. The number of nitro groups is 1. The van der Waals surface area contributed by atoms with Crippen LogP contribution in [-0.4, -0.2) is 47.7 Å². The van der Waals surface area contributed by atoms with Crippen LogP contribution in [0, 0.1) is 16.0 Å². The van der Waals surface area contributed by atoms with Gasteiger partial charge in [0.15, 0.2) is 11.5 Å². The lowest BCUT2D eigenvalue weighted by Gasteiger charge is -2.30. The van der Waals surface area contributed by atoms with E-state index in [4.69, 9.17) is 9.47 Å². The Morgan fingerprint density at radius 2 is 1.94 bits per heavy atom. The number of nitro benzene ring substituents is 1. The van der Waals surface area contributed by atoms with E-state index < -0.39 is 35.5 Å². The van der Waals surface area contributed by atoms with Gasteiger partial charge in [0.25, 0.3) is 5.69 Å². The van der Waals surface area contributed by atoms with Crippen molar-refractivity contribution in [3.63, 3.8) is 0 Å². The highest BCUT2D eigenvalue weighted by Crippen LogP contribution is 2.36. The first kappa shape index (κ1) is 22.1. The van der Waals surface area contributed by atoms with Gasteiger partial charge < -0.3 is 19.1 Å². The molecule has 1 saturated heterocycles. The summed E-state index contributed by atoms with van der Waals surface area (Å²) < 4.78 is 39.6. The van der Waals surface area contributed by atoms with E-state index in [2.05, 4.69) is 14.7 Å². The van der Waals surface area contributed by atoms with Crippen LogP contribution in [0.1, 0.15) is 18.4 Å². The Kier molecular flexibility index (Phi) is 7.11. The molecule has 0 atom stereocenters. The number of nitrogens with zero attached hydrogens (tertiary/aromatic N) is 4. The number of rotatable bonds is 8. The fourth-order valence-electron chi connectivity index (χ4n) is 3.26. The number of methoxy groups -OCH3 is 1. The lowest BCUT2D eigenvalue weighted by molar-refractivity contribution is -0.386. The SMILES string of the molecule is COc1cc(COC(=O)C2CCN(c3ncccn3)CC2)c([N+](=O)[O-])cc1OC(F)F. The quantitative estimate of drug-likeness (QED) is 0.348. The summed E-state index contributed by atoms with van der Waals surface area (Å²) in [6.07, 6.45) is 4.32. The first-order valence-electron chi connectivity index (χ1n) is 9.37. The standard InChI is InChI=1S/C19H20F2N4O6/c1-29-15-9-13(14(25(27)28)10-16(15)31-18(20)21)11-30-17(26)12-3-7-24(8-4-12)19-22-5-2-6-23-19/h2,5-6,9-10,12,18H,3-4,7-8,11H2,1H3. The molecule has 3 rings (SSSR count). The van der Waals surface area contributed by atoms with Gasteiger partial charge in [0, 0.05) is 25.5 Å². The minimum Gasteiger partial charge on any atom is -0.493 e. The van der Waals surface area contributed by atoms with Crippen LogP contribution in [0.25, 0.3) is 0 Å². The maximum atomic E-state index is 12.5. The van der Waals surface area contributed by atoms with Gasteiger partial charge in [0.05, 0.1) is 29.6 Å². The van der Waals surface area contributed by atoms with Crippen molar-refractivity contribution < 1.29 is 32.7 Å². The van der Waals surface area contributed by atoms with E-state index in [0.29, 0.717) is 31.9 Å². The predicted octanol–water partition coefficient (Wildman–Crippen LogP) is 2.95. The molecule has 0 aliphatic carbocycles. The van der Waals surface area contributed by atoms with Crippen molar-refractivity contribution in [2.45, 2.75) is 26.1 Å². The molecule has 10 nitrogen and oxygen atoms in total. The van der Waals surface area contributed by atoms with Crippen molar-refractivity contribution in [2.75, 3.05) is 25.1 Å². The zero-order chi connectivity index (χ0) is 22.4. The van der Waals surface area contributed by atoms with Crippen LogP contribution >= 0.6 is 0 Å². The Bertz CT molecular complexity index is 923. The molecule has 166 valence electrons. The van der Waals surface area contributed by atoms with Crippen LogP contribution in [-0.2, 0) is 16.1 Å². The second kappa shape index (κ2) is 9.96. The summed E-state index contributed by atoms with van der Waals surface area (Å²) in [7, 11) is 1.21. The Hall–Kier alpha value is -3.57. The van der Waals surface area contributed by atoms with Gasteiger partial charge in [-0.25, -0.2) is 9.97 Å². The third kappa shape index (κ3) is 5.53. The Morgan fingerprint density at radius 1 is 1.26 bits per heavy atom. The maximum Gasteiger partial charge on any atom is 0.387 e. The zero-order valence-corrected chi connectivity index (χ0v) is 16.6. The summed E-state index contributed by atoms with van der Waals surface area (Å²) in [6, 6.07) is 3.69. The second-order valence-corrected chi connectivity index (χ2v) is 6.69. The van der Waals surface area contributed by atoms with Crippen LogP contribution in [0.15, 0.2) is 30.6 Å². The second-order valence-electron chi connectivity index (χ2n) is 6.69. The number of anilines is 1. The fourth-order valence-corrected chi connectivity index (χ4v) is 3.26. The first-order valence-corrected chi connectivity index (χ1v) is 9.37. The molecule has 1 aliphatic rings. The minimum atomic E-state index is -3.18. The van der Waals surface area contributed by atoms with E-state index in [1.807, 2.05) is 4.90 Å². The van der Waals surface area contributed by atoms with Crippen LogP contribution in [0.2, 0.25) is 0 Å². The number of hydrogen-bond acceptors (Lipinski definition) is 9. The van der Waals surface area contributed by atoms with E-state index in [0.717, 1.165) is 12.1 Å². The molecule has 0 N–H and O–H groups in total. The molecule has 1 aromatic carbocycles. The largest absolute Gasteiger partial charge is 0.493 e. The van der Waals surface area contributed by atoms with Crippen molar-refractivity contribution in [2.24, 2.45) is 5.92 Å². The van der Waals surface area contributed by atoms with Gasteiger partial charge in [-0.1, -0.05) is 0 Å². The number of benzene rings is 1. The van der Waals surface area contributed by atoms with Gasteiger partial charge in [-0.2, -0.15) is 8.78 Å². The third-order valence-electron chi connectivity index (χ3n) is 4.81. The number of hydrogen-bond donors (Lipinski definition) is 0. The molecule has 1 aromatic heterocycles. The van der Waals surface area contributed by atoms with Crippen molar-refractivity contribution in [3.8, 4) is 11.5 Å². The van der Waals surface area contributed by atoms with Crippen LogP contribution in [0.4, 0.5) is 20.4 Å². The monoisotopic (exact) mass is 438 g/mol. The number of esters is 1.